The van der Waals surface area contributed by atoms with Crippen LogP contribution in [0.4, 0.5) is 0 Å². The predicted octanol–water partition coefficient (Wildman–Crippen LogP) is 10.9. The molecule has 0 amide bonds. The Bertz CT molecular complexity index is 2130. The van der Waals surface area contributed by atoms with Gasteiger partial charge in [0, 0.05) is 34.6 Å². The summed E-state index contributed by atoms with van der Waals surface area (Å²) in [5.41, 5.74) is 14.8. The van der Waals surface area contributed by atoms with Gasteiger partial charge in [-0.2, -0.15) is 0 Å². The van der Waals surface area contributed by atoms with Crippen molar-refractivity contribution in [2.45, 2.75) is 0 Å². The monoisotopic (exact) mass is 614 g/mol. The van der Waals surface area contributed by atoms with Crippen LogP contribution in [0.25, 0.3) is 78.4 Å². The smallest absolute Gasteiger partial charge is 0.116 e. The van der Waals surface area contributed by atoms with Gasteiger partial charge in [-0.1, -0.05) is 115 Å². The Morgan fingerprint density at radius 1 is 0.271 bits per heavy atom. The molecule has 0 radical (unpaired) electrons. The van der Waals surface area contributed by atoms with Gasteiger partial charge in [-0.05, 0) is 81.9 Å². The van der Waals surface area contributed by atoms with Crippen LogP contribution in [0.2, 0.25) is 0 Å². The van der Waals surface area contributed by atoms with E-state index in [1.54, 1.807) is 12.5 Å². The number of hydrogen-bond donors (Lipinski definition) is 0. The van der Waals surface area contributed by atoms with Crippen LogP contribution in [0.15, 0.2) is 183 Å². The lowest BCUT2D eigenvalue weighted by Gasteiger charge is -2.14. The molecule has 4 heteroatoms. The van der Waals surface area contributed by atoms with Gasteiger partial charge in [0.25, 0.3) is 0 Å². The summed E-state index contributed by atoms with van der Waals surface area (Å²) in [7, 11) is 0. The fourth-order valence-corrected chi connectivity index (χ4v) is 6.00. The van der Waals surface area contributed by atoms with Crippen LogP contribution >= 0.6 is 0 Å². The lowest BCUT2D eigenvalue weighted by Crippen LogP contribution is -1.92. The van der Waals surface area contributed by atoms with E-state index < -0.39 is 0 Å². The van der Waals surface area contributed by atoms with Crippen molar-refractivity contribution in [1.29, 1.82) is 0 Å². The van der Waals surface area contributed by atoms with Gasteiger partial charge in [-0.15, -0.1) is 0 Å². The molecule has 0 aliphatic carbocycles. The number of aromatic nitrogens is 4. The lowest BCUT2D eigenvalue weighted by atomic mass is 9.91. The van der Waals surface area contributed by atoms with Crippen molar-refractivity contribution in [3.63, 3.8) is 0 Å². The summed E-state index contributed by atoms with van der Waals surface area (Å²) in [6.45, 7) is 0. The summed E-state index contributed by atoms with van der Waals surface area (Å²) < 4.78 is 0. The van der Waals surface area contributed by atoms with E-state index in [2.05, 4.69) is 142 Å². The van der Waals surface area contributed by atoms with Crippen LogP contribution < -0.4 is 0 Å². The molecule has 0 N–H and O–H groups in total. The lowest BCUT2D eigenvalue weighted by molar-refractivity contribution is 1.17. The standard InChI is InChI=1S/C44H30N4/c1-3-9-33(10-4-1)43-28-40(29-44(48-43)34-11-5-2-6-12-34)39-26-37(31-14-18-35(19-15-31)41-13-7-8-23-46-41)25-38(27-39)32-16-20-36(21-17-32)42-22-24-45-30-47-42/h1-30H. The first-order valence-electron chi connectivity index (χ1n) is 15.9. The van der Waals surface area contributed by atoms with Crippen LogP contribution in [-0.4, -0.2) is 19.9 Å². The molecule has 0 aliphatic rings. The largest absolute Gasteiger partial charge is 0.256 e. The zero-order valence-electron chi connectivity index (χ0n) is 26.1. The summed E-state index contributed by atoms with van der Waals surface area (Å²) >= 11 is 0. The topological polar surface area (TPSA) is 51.6 Å². The Labute approximate surface area is 280 Å². The maximum atomic E-state index is 5.12. The van der Waals surface area contributed by atoms with E-state index in [-0.39, 0.29) is 0 Å². The van der Waals surface area contributed by atoms with E-state index in [1.807, 2.05) is 42.6 Å². The highest BCUT2D eigenvalue weighted by Gasteiger charge is 2.13. The van der Waals surface area contributed by atoms with E-state index in [4.69, 9.17) is 4.98 Å². The van der Waals surface area contributed by atoms with Crippen LogP contribution in [0, 0.1) is 0 Å². The number of pyridine rings is 2. The zero-order valence-corrected chi connectivity index (χ0v) is 26.1. The van der Waals surface area contributed by atoms with Crippen LogP contribution in [0.5, 0.6) is 0 Å². The molecule has 48 heavy (non-hydrogen) atoms. The highest BCUT2D eigenvalue weighted by Crippen LogP contribution is 2.37. The minimum Gasteiger partial charge on any atom is -0.256 e. The molecule has 0 aliphatic heterocycles. The number of benzene rings is 5. The summed E-state index contributed by atoms with van der Waals surface area (Å²) in [6, 6.07) is 57.2. The third-order valence-electron chi connectivity index (χ3n) is 8.51. The van der Waals surface area contributed by atoms with E-state index in [0.29, 0.717) is 0 Å². The van der Waals surface area contributed by atoms with Crippen LogP contribution in [0.3, 0.4) is 0 Å². The highest BCUT2D eigenvalue weighted by atomic mass is 14.8. The van der Waals surface area contributed by atoms with Crippen molar-refractivity contribution >= 4 is 0 Å². The van der Waals surface area contributed by atoms with Crippen molar-refractivity contribution < 1.29 is 0 Å². The first-order valence-corrected chi connectivity index (χ1v) is 15.9. The van der Waals surface area contributed by atoms with Gasteiger partial charge in [0.2, 0.25) is 0 Å². The molecule has 0 saturated heterocycles. The van der Waals surface area contributed by atoms with Crippen molar-refractivity contribution in [3.8, 4) is 78.4 Å². The third kappa shape index (κ3) is 6.15. The Hall–Kier alpha value is -6.52. The molecule has 5 aromatic carbocycles. The van der Waals surface area contributed by atoms with Crippen molar-refractivity contribution in [3.05, 3.63) is 183 Å². The average molecular weight is 615 g/mol. The molecular formula is C44H30N4. The fourth-order valence-electron chi connectivity index (χ4n) is 6.00. The SMILES string of the molecule is c1ccc(-c2cc(-c3cc(-c4ccc(-c5ccccn5)cc4)cc(-c4ccc(-c5ccncn5)cc4)c3)cc(-c3ccccc3)n2)cc1. The molecular weight excluding hydrogens is 585 g/mol. The van der Waals surface area contributed by atoms with Gasteiger partial charge in [-0.3, -0.25) is 4.98 Å². The molecule has 0 fully saturated rings. The minimum absolute atomic E-state index is 0.901. The van der Waals surface area contributed by atoms with Gasteiger partial charge in [0.05, 0.1) is 22.8 Å². The summed E-state index contributed by atoms with van der Waals surface area (Å²) in [5.74, 6) is 0. The predicted molar refractivity (Wildman–Crippen MR) is 196 cm³/mol. The summed E-state index contributed by atoms with van der Waals surface area (Å²) in [5, 5.41) is 0. The van der Waals surface area contributed by atoms with Crippen molar-refractivity contribution in [2.24, 2.45) is 0 Å². The molecule has 8 rings (SSSR count). The molecule has 3 heterocycles. The van der Waals surface area contributed by atoms with E-state index in [9.17, 15) is 0 Å². The molecule has 4 nitrogen and oxygen atoms in total. The van der Waals surface area contributed by atoms with Gasteiger partial charge in [-0.25, -0.2) is 15.0 Å². The quantitative estimate of drug-likeness (QED) is 0.179. The Balaban J connectivity index is 1.28. The Morgan fingerprint density at radius 3 is 1.19 bits per heavy atom. The van der Waals surface area contributed by atoms with E-state index >= 15 is 0 Å². The van der Waals surface area contributed by atoms with Crippen LogP contribution in [-0.2, 0) is 0 Å². The van der Waals surface area contributed by atoms with Gasteiger partial charge in [0.15, 0.2) is 0 Å². The average Bonchev–Trinajstić information content (AvgIpc) is 3.19. The number of nitrogens with zero attached hydrogens (tertiary/aromatic N) is 4. The normalized spacial score (nSPS) is 10.9. The molecule has 0 saturated carbocycles. The van der Waals surface area contributed by atoms with Gasteiger partial charge in [0.1, 0.15) is 6.33 Å². The second-order valence-corrected chi connectivity index (χ2v) is 11.6. The third-order valence-corrected chi connectivity index (χ3v) is 8.51. The molecule has 226 valence electrons. The molecule has 0 unspecified atom stereocenters. The Morgan fingerprint density at radius 2 is 0.708 bits per heavy atom. The first-order chi connectivity index (χ1) is 23.8. The minimum atomic E-state index is 0.901. The van der Waals surface area contributed by atoms with Crippen molar-refractivity contribution in [2.75, 3.05) is 0 Å². The number of rotatable bonds is 7. The highest BCUT2D eigenvalue weighted by molar-refractivity contribution is 5.85. The molecule has 0 bridgehead atoms. The number of hydrogen-bond acceptors (Lipinski definition) is 4. The fraction of sp³-hybridized carbons (Fsp3) is 0. The van der Waals surface area contributed by atoms with E-state index in [0.717, 1.165) is 78.4 Å². The van der Waals surface area contributed by atoms with Gasteiger partial charge < -0.3 is 0 Å². The zero-order chi connectivity index (χ0) is 32.1. The Kier molecular flexibility index (Phi) is 7.87. The summed E-state index contributed by atoms with van der Waals surface area (Å²) in [6.07, 6.45) is 5.19. The molecule has 0 spiro atoms. The maximum absolute atomic E-state index is 5.12. The van der Waals surface area contributed by atoms with Gasteiger partial charge >= 0.3 is 0 Å². The summed E-state index contributed by atoms with van der Waals surface area (Å²) in [4.78, 5) is 18.2. The second-order valence-electron chi connectivity index (χ2n) is 11.6. The molecule has 8 aromatic rings. The maximum Gasteiger partial charge on any atom is 0.116 e. The molecule has 0 atom stereocenters. The van der Waals surface area contributed by atoms with E-state index in [1.165, 1.54) is 0 Å². The first kappa shape index (κ1) is 28.9. The second kappa shape index (κ2) is 13.1. The molecule has 3 aromatic heterocycles. The van der Waals surface area contributed by atoms with Crippen LogP contribution in [0.1, 0.15) is 0 Å². The van der Waals surface area contributed by atoms with Crippen molar-refractivity contribution in [1.82, 2.24) is 19.9 Å².